The van der Waals surface area contributed by atoms with Gasteiger partial charge in [0, 0.05) is 5.56 Å². The quantitative estimate of drug-likeness (QED) is 0.570. The summed E-state index contributed by atoms with van der Waals surface area (Å²) in [4.78, 5) is 11.6. The third kappa shape index (κ3) is 3.89. The summed E-state index contributed by atoms with van der Waals surface area (Å²) >= 11 is 3.49. The minimum absolute atomic E-state index is 0.0865. The van der Waals surface area contributed by atoms with Gasteiger partial charge in [-0.05, 0) is 30.3 Å². The number of ether oxygens (including phenoxy) is 3. The first kappa shape index (κ1) is 18.8. The Kier molecular flexibility index (Phi) is 5.90. The molecule has 1 unspecified atom stereocenters. The van der Waals surface area contributed by atoms with Gasteiger partial charge in [-0.2, -0.15) is 0 Å². The van der Waals surface area contributed by atoms with Crippen LogP contribution in [0.15, 0.2) is 42.5 Å². The van der Waals surface area contributed by atoms with Crippen LogP contribution in [0.2, 0.25) is 5.02 Å². The lowest BCUT2D eigenvalue weighted by Crippen LogP contribution is -2.20. The fraction of sp³-hybridized carbons (Fsp3) is 0.235. The molecule has 0 aliphatic carbocycles. The van der Waals surface area contributed by atoms with E-state index in [9.17, 15) is 13.6 Å². The van der Waals surface area contributed by atoms with Gasteiger partial charge in [0.25, 0.3) is 0 Å². The van der Waals surface area contributed by atoms with E-state index >= 15 is 0 Å². The number of esters is 1. The fourth-order valence-corrected chi connectivity index (χ4v) is 3.40. The summed E-state index contributed by atoms with van der Waals surface area (Å²) in [6.07, 6.45) is -0.526. The van der Waals surface area contributed by atoms with Gasteiger partial charge in [0.1, 0.15) is 0 Å². The molecule has 1 fully saturated rings. The number of anilines is 2. The predicted molar refractivity (Wildman–Crippen MR) is 94.9 cm³/mol. The first-order valence-corrected chi connectivity index (χ1v) is 9.03. The van der Waals surface area contributed by atoms with Gasteiger partial charge in [0.05, 0.1) is 53.6 Å². The Labute approximate surface area is 157 Å². The van der Waals surface area contributed by atoms with Crippen LogP contribution in [0.4, 0.5) is 11.4 Å². The maximum Gasteiger partial charge on any atom is 0.339 e. The van der Waals surface area contributed by atoms with Crippen molar-refractivity contribution in [3.8, 4) is 0 Å². The monoisotopic (exact) mass is 396 g/mol. The Hall–Kier alpha value is -1.97. The molecule has 7 nitrogen and oxygen atoms in total. The molecule has 1 heterocycles. The molecule has 0 aromatic heterocycles. The average Bonchev–Trinajstić information content (AvgIpc) is 3.16. The van der Waals surface area contributed by atoms with Crippen LogP contribution < -0.4 is 4.31 Å². The topological polar surface area (TPSA) is 88.1 Å². The molecule has 1 aliphatic rings. The van der Waals surface area contributed by atoms with E-state index in [0.717, 1.165) is 4.31 Å². The van der Waals surface area contributed by atoms with Gasteiger partial charge >= 0.3 is 5.97 Å². The summed E-state index contributed by atoms with van der Waals surface area (Å²) in [6.45, 7) is 0.966. The molecule has 3 rings (SSSR count). The smallest absolute Gasteiger partial charge is 0.339 e. The molecule has 26 heavy (non-hydrogen) atoms. The molecule has 138 valence electrons. The summed E-state index contributed by atoms with van der Waals surface area (Å²) < 4.78 is 40.3. The molecule has 0 bridgehead atoms. The first-order chi connectivity index (χ1) is 12.5. The Morgan fingerprint density at radius 2 is 1.92 bits per heavy atom. The van der Waals surface area contributed by atoms with Gasteiger partial charge in [-0.15, -0.1) is 0 Å². The summed E-state index contributed by atoms with van der Waals surface area (Å²) in [5, 5.41) is 0.0865. The normalized spacial score (nSPS) is 15.7. The van der Waals surface area contributed by atoms with E-state index in [2.05, 4.69) is 4.74 Å². The lowest BCUT2D eigenvalue weighted by Gasteiger charge is -2.27. The SMILES string of the molecule is COC(=O)c1ccc(N(c2cccc(C3OCCO3)c2)S(=O)[O-])cc1Cl. The van der Waals surface area contributed by atoms with E-state index in [0.29, 0.717) is 24.5 Å². The van der Waals surface area contributed by atoms with Crippen LogP contribution >= 0.6 is 11.6 Å². The number of halogens is 1. The van der Waals surface area contributed by atoms with Crippen LogP contribution in [0, 0.1) is 0 Å². The Morgan fingerprint density at radius 1 is 1.23 bits per heavy atom. The van der Waals surface area contributed by atoms with Crippen molar-refractivity contribution >= 4 is 40.2 Å². The van der Waals surface area contributed by atoms with Crippen molar-refractivity contribution in [1.29, 1.82) is 0 Å². The molecule has 1 aliphatic heterocycles. The van der Waals surface area contributed by atoms with Crippen LogP contribution in [-0.2, 0) is 25.5 Å². The van der Waals surface area contributed by atoms with E-state index in [-0.39, 0.29) is 16.3 Å². The minimum Gasteiger partial charge on any atom is -0.755 e. The Bertz CT molecular complexity index is 840. The largest absolute Gasteiger partial charge is 0.755 e. The van der Waals surface area contributed by atoms with Crippen molar-refractivity contribution in [1.82, 2.24) is 0 Å². The maximum atomic E-state index is 11.8. The summed E-state index contributed by atoms with van der Waals surface area (Å²) in [7, 11) is 1.24. The van der Waals surface area contributed by atoms with Crippen LogP contribution in [0.25, 0.3) is 0 Å². The van der Waals surface area contributed by atoms with E-state index in [1.807, 2.05) is 0 Å². The van der Waals surface area contributed by atoms with Gasteiger partial charge in [0.2, 0.25) is 0 Å². The van der Waals surface area contributed by atoms with E-state index in [4.69, 9.17) is 21.1 Å². The van der Waals surface area contributed by atoms with Gasteiger partial charge in [-0.1, -0.05) is 23.7 Å². The van der Waals surface area contributed by atoms with E-state index in [1.165, 1.54) is 25.3 Å². The molecule has 2 aromatic rings. The van der Waals surface area contributed by atoms with Crippen molar-refractivity contribution in [2.24, 2.45) is 0 Å². The molecule has 1 atom stereocenters. The molecule has 0 saturated carbocycles. The lowest BCUT2D eigenvalue weighted by molar-refractivity contribution is -0.0440. The number of hydrogen-bond donors (Lipinski definition) is 0. The third-order valence-corrected chi connectivity index (χ3v) is 4.77. The van der Waals surface area contributed by atoms with Crippen molar-refractivity contribution in [2.45, 2.75) is 6.29 Å². The number of benzene rings is 2. The summed E-state index contributed by atoms with van der Waals surface area (Å²) in [5.41, 5.74) is 1.52. The van der Waals surface area contributed by atoms with E-state index in [1.54, 1.807) is 24.3 Å². The molecular formula is C17H15ClNO6S-. The Morgan fingerprint density at radius 3 is 2.54 bits per heavy atom. The average molecular weight is 397 g/mol. The highest BCUT2D eigenvalue weighted by Gasteiger charge is 2.21. The predicted octanol–water partition coefficient (Wildman–Crippen LogP) is 3.10. The highest BCUT2D eigenvalue weighted by Crippen LogP contribution is 2.33. The third-order valence-electron chi connectivity index (χ3n) is 3.74. The second-order valence-corrected chi connectivity index (χ2v) is 6.54. The number of rotatable bonds is 5. The molecule has 1 saturated heterocycles. The highest BCUT2D eigenvalue weighted by molar-refractivity contribution is 7.81. The van der Waals surface area contributed by atoms with Crippen molar-refractivity contribution in [2.75, 3.05) is 24.6 Å². The van der Waals surface area contributed by atoms with E-state index < -0.39 is 23.5 Å². The van der Waals surface area contributed by atoms with Crippen molar-refractivity contribution < 1.29 is 27.8 Å². The van der Waals surface area contributed by atoms with Gasteiger partial charge in [-0.3, -0.25) is 8.51 Å². The molecular weight excluding hydrogens is 382 g/mol. The van der Waals surface area contributed by atoms with Crippen molar-refractivity contribution in [3.63, 3.8) is 0 Å². The van der Waals surface area contributed by atoms with Crippen LogP contribution in [-0.4, -0.2) is 35.1 Å². The van der Waals surface area contributed by atoms with Crippen LogP contribution in [0.1, 0.15) is 22.2 Å². The number of hydrogen-bond acceptors (Lipinski definition) is 6. The summed E-state index contributed by atoms with van der Waals surface area (Å²) in [5.74, 6) is -0.603. The molecule has 0 N–H and O–H groups in total. The zero-order chi connectivity index (χ0) is 18.7. The van der Waals surface area contributed by atoms with Gasteiger partial charge in [-0.25, -0.2) is 4.79 Å². The second-order valence-electron chi connectivity index (χ2n) is 5.34. The maximum absolute atomic E-state index is 11.8. The lowest BCUT2D eigenvalue weighted by atomic mass is 10.1. The van der Waals surface area contributed by atoms with Crippen LogP contribution in [0.3, 0.4) is 0 Å². The molecule has 9 heteroatoms. The number of carbonyl (C=O) groups excluding carboxylic acids is 1. The standard InChI is InChI=1S/C17H16ClNO6S/c1-23-16(20)14-6-5-13(10-15(14)18)19(26(21)22)12-4-2-3-11(9-12)17-24-7-8-25-17/h2-6,9-10,17H,7-8H2,1H3,(H,21,22)/p-1. The van der Waals surface area contributed by atoms with Crippen LogP contribution in [0.5, 0.6) is 0 Å². The zero-order valence-corrected chi connectivity index (χ0v) is 15.3. The summed E-state index contributed by atoms with van der Waals surface area (Å²) in [6, 6.07) is 11.1. The number of nitrogens with zero attached hydrogens (tertiary/aromatic N) is 1. The Balaban J connectivity index is 1.97. The molecule has 2 aromatic carbocycles. The first-order valence-electron chi connectivity index (χ1n) is 7.62. The van der Waals surface area contributed by atoms with Gasteiger partial charge < -0.3 is 18.8 Å². The molecule has 0 radical (unpaired) electrons. The molecule has 0 amide bonds. The highest BCUT2D eigenvalue weighted by atomic mass is 35.5. The zero-order valence-electron chi connectivity index (χ0n) is 13.7. The van der Waals surface area contributed by atoms with Crippen molar-refractivity contribution in [3.05, 3.63) is 58.6 Å². The fourth-order valence-electron chi connectivity index (χ4n) is 2.58. The number of methoxy groups -OCH3 is 1. The second kappa shape index (κ2) is 8.15. The van der Waals surface area contributed by atoms with Gasteiger partial charge in [0.15, 0.2) is 6.29 Å². The number of carbonyl (C=O) groups is 1. The minimum atomic E-state index is -2.62. The molecule has 0 spiro atoms.